The molecule has 0 aliphatic rings. The largest absolute Gasteiger partial charge is 0.508 e. The third-order valence-electron chi connectivity index (χ3n) is 2.96. The molecule has 0 saturated heterocycles. The Bertz CT molecular complexity index is 506. The number of hydrogen-bond acceptors (Lipinski definition) is 5. The Morgan fingerprint density at radius 1 is 1.52 bits per heavy atom. The van der Waals surface area contributed by atoms with E-state index in [1.165, 1.54) is 24.7 Å². The van der Waals surface area contributed by atoms with Crippen molar-refractivity contribution in [2.75, 3.05) is 7.11 Å². The zero-order chi connectivity index (χ0) is 15.8. The van der Waals surface area contributed by atoms with E-state index in [-0.39, 0.29) is 5.75 Å². The predicted molar refractivity (Wildman–Crippen MR) is 79.9 cm³/mol. The molecule has 1 aromatic rings. The van der Waals surface area contributed by atoms with Gasteiger partial charge in [0.05, 0.1) is 6.10 Å². The van der Waals surface area contributed by atoms with E-state index in [0.717, 1.165) is 4.47 Å². The minimum atomic E-state index is -0.993. The van der Waals surface area contributed by atoms with Crippen LogP contribution in [0.25, 0.3) is 0 Å². The normalized spacial score (nSPS) is 14.1. The Kier molecular flexibility index (Phi) is 7.38. The number of halogens is 1. The van der Waals surface area contributed by atoms with Gasteiger partial charge in [-0.2, -0.15) is 0 Å². The number of carbonyl (C=O) groups is 1. The number of carbonyl (C=O) groups excluding carboxylic acids is 1. The average molecular weight is 360 g/mol. The van der Waals surface area contributed by atoms with Gasteiger partial charge in [0.1, 0.15) is 11.9 Å². The number of hydrogen-bond donors (Lipinski definition) is 4. The fraction of sp³-hybridized carbons (Fsp3) is 0.357. The molecule has 7 heteroatoms. The molecular formula is C14H18BrNO5. The monoisotopic (exact) mass is 359 g/mol. The van der Waals surface area contributed by atoms with E-state index in [4.69, 9.17) is 9.94 Å². The van der Waals surface area contributed by atoms with E-state index in [1.54, 1.807) is 18.2 Å². The minimum absolute atomic E-state index is 0.0112. The molecule has 0 spiro atoms. The summed E-state index contributed by atoms with van der Waals surface area (Å²) in [5.74, 6) is -0.628. The number of amides is 1. The van der Waals surface area contributed by atoms with Gasteiger partial charge in [-0.25, -0.2) is 5.48 Å². The summed E-state index contributed by atoms with van der Waals surface area (Å²) in [6, 6.07) is 4.78. The lowest BCUT2D eigenvalue weighted by Gasteiger charge is -2.22. The Hall–Kier alpha value is -1.41. The van der Waals surface area contributed by atoms with E-state index in [2.05, 4.69) is 15.9 Å². The maximum atomic E-state index is 10.8. The van der Waals surface area contributed by atoms with Crippen LogP contribution in [0.15, 0.2) is 34.8 Å². The Morgan fingerprint density at radius 3 is 2.86 bits per heavy atom. The average Bonchev–Trinajstić information content (AvgIpc) is 2.48. The first-order chi connectivity index (χ1) is 9.99. The topological polar surface area (TPSA) is 99.0 Å². The summed E-state index contributed by atoms with van der Waals surface area (Å²) >= 11 is 3.28. The number of rotatable bonds is 7. The van der Waals surface area contributed by atoms with E-state index < -0.39 is 18.1 Å². The van der Waals surface area contributed by atoms with E-state index >= 15 is 0 Å². The second-order valence-electron chi connectivity index (χ2n) is 4.38. The highest BCUT2D eigenvalue weighted by molar-refractivity contribution is 9.10. The molecule has 4 N–H and O–H groups in total. The summed E-state index contributed by atoms with van der Waals surface area (Å²) in [6.07, 6.45) is 2.14. The fourth-order valence-corrected chi connectivity index (χ4v) is 2.23. The number of aliphatic hydroxyl groups is 1. The Balaban J connectivity index is 2.68. The van der Waals surface area contributed by atoms with Gasteiger partial charge in [-0.05, 0) is 31.0 Å². The second kappa shape index (κ2) is 8.78. The van der Waals surface area contributed by atoms with Crippen LogP contribution in [0.1, 0.15) is 24.5 Å². The van der Waals surface area contributed by atoms with Crippen LogP contribution in [0.2, 0.25) is 0 Å². The summed E-state index contributed by atoms with van der Waals surface area (Å²) < 4.78 is 5.97. The number of phenolic OH excluding ortho intramolecular Hbond substituents is 1. The van der Waals surface area contributed by atoms with Gasteiger partial charge < -0.3 is 14.9 Å². The lowest BCUT2D eigenvalue weighted by molar-refractivity contribution is -0.124. The van der Waals surface area contributed by atoms with Crippen LogP contribution < -0.4 is 5.48 Å². The molecule has 0 fully saturated rings. The van der Waals surface area contributed by atoms with Gasteiger partial charge in [0.2, 0.25) is 0 Å². The molecule has 0 unspecified atom stereocenters. The van der Waals surface area contributed by atoms with Crippen molar-refractivity contribution >= 4 is 21.8 Å². The quantitative estimate of drug-likeness (QED) is 0.339. The van der Waals surface area contributed by atoms with Crippen molar-refractivity contribution in [2.45, 2.75) is 25.0 Å². The van der Waals surface area contributed by atoms with Gasteiger partial charge in [-0.3, -0.25) is 10.0 Å². The summed E-state index contributed by atoms with van der Waals surface area (Å²) in [4.78, 5) is 10.8. The first kappa shape index (κ1) is 17.6. The number of ether oxygens (including phenoxy) is 1. The van der Waals surface area contributed by atoms with Gasteiger partial charge >= 0.3 is 0 Å². The molecule has 0 bridgehead atoms. The lowest BCUT2D eigenvalue weighted by Crippen LogP contribution is -2.21. The van der Waals surface area contributed by atoms with Crippen LogP contribution in [-0.4, -0.2) is 34.5 Å². The highest BCUT2D eigenvalue weighted by Crippen LogP contribution is 2.31. The zero-order valence-corrected chi connectivity index (χ0v) is 13.1. The molecule has 1 aromatic carbocycles. The maximum absolute atomic E-state index is 10.8. The van der Waals surface area contributed by atoms with Gasteiger partial charge in [-0.15, -0.1) is 0 Å². The van der Waals surface area contributed by atoms with Crippen molar-refractivity contribution in [3.05, 3.63) is 40.4 Å². The van der Waals surface area contributed by atoms with Gasteiger partial charge in [0, 0.05) is 23.2 Å². The van der Waals surface area contributed by atoms with Crippen molar-refractivity contribution in [3.8, 4) is 5.75 Å². The molecule has 0 saturated carbocycles. The second-order valence-corrected chi connectivity index (χ2v) is 5.29. The number of benzene rings is 1. The maximum Gasteiger partial charge on any atom is 0.267 e. The van der Waals surface area contributed by atoms with Crippen LogP contribution >= 0.6 is 15.9 Å². The first-order valence-electron chi connectivity index (χ1n) is 6.29. The minimum Gasteiger partial charge on any atom is -0.508 e. The van der Waals surface area contributed by atoms with Crippen LogP contribution in [0, 0.1) is 0 Å². The van der Waals surface area contributed by atoms with E-state index in [9.17, 15) is 15.0 Å². The van der Waals surface area contributed by atoms with Crippen molar-refractivity contribution in [3.63, 3.8) is 0 Å². The standard InChI is InChI=1S/C14H18BrNO5/c1-21-12(4-2-3-5-13(18)16-20)14(19)10-8-9(15)6-7-11(10)17/h3,5-8,12,14,17,19-20H,2,4H2,1H3,(H,16,18)/b5-3+/t12-,14-/m0/s1. The van der Waals surface area contributed by atoms with Crippen LogP contribution in [-0.2, 0) is 9.53 Å². The SMILES string of the molecule is CO[C@@H](CC/C=C/C(=O)NO)[C@@H](O)c1cc(Br)ccc1O. The van der Waals surface area contributed by atoms with Crippen molar-refractivity contribution in [1.82, 2.24) is 5.48 Å². The van der Waals surface area contributed by atoms with Crippen LogP contribution in [0.3, 0.4) is 0 Å². The number of allylic oxidation sites excluding steroid dienone is 1. The molecule has 21 heavy (non-hydrogen) atoms. The Morgan fingerprint density at radius 2 is 2.24 bits per heavy atom. The molecule has 0 heterocycles. The van der Waals surface area contributed by atoms with Crippen molar-refractivity contribution < 1.29 is 25.0 Å². The summed E-state index contributed by atoms with van der Waals surface area (Å²) in [5, 5.41) is 28.4. The Labute approximate surface area is 131 Å². The number of nitrogens with one attached hydrogen (secondary N) is 1. The molecule has 1 rings (SSSR count). The third kappa shape index (κ3) is 5.47. The van der Waals surface area contributed by atoms with Gasteiger partial charge in [-0.1, -0.05) is 22.0 Å². The lowest BCUT2D eigenvalue weighted by atomic mass is 10.00. The molecule has 0 aliphatic carbocycles. The van der Waals surface area contributed by atoms with E-state index in [1.807, 2.05) is 0 Å². The molecule has 0 aliphatic heterocycles. The van der Waals surface area contributed by atoms with Crippen LogP contribution in [0.5, 0.6) is 5.75 Å². The fourth-order valence-electron chi connectivity index (χ4n) is 1.86. The molecule has 6 nitrogen and oxygen atoms in total. The zero-order valence-electron chi connectivity index (χ0n) is 11.5. The number of aromatic hydroxyl groups is 1. The molecule has 116 valence electrons. The van der Waals surface area contributed by atoms with Crippen molar-refractivity contribution in [2.24, 2.45) is 0 Å². The smallest absolute Gasteiger partial charge is 0.267 e. The predicted octanol–water partition coefficient (Wildman–Crippen LogP) is 2.04. The number of phenols is 1. The van der Waals surface area contributed by atoms with Gasteiger partial charge in [0.25, 0.3) is 5.91 Å². The molecular weight excluding hydrogens is 342 g/mol. The van der Waals surface area contributed by atoms with E-state index in [0.29, 0.717) is 18.4 Å². The summed E-state index contributed by atoms with van der Waals surface area (Å²) in [5.41, 5.74) is 1.85. The third-order valence-corrected chi connectivity index (χ3v) is 3.45. The number of hydroxylamine groups is 1. The highest BCUT2D eigenvalue weighted by atomic mass is 79.9. The summed E-state index contributed by atoms with van der Waals surface area (Å²) in [7, 11) is 1.47. The first-order valence-corrected chi connectivity index (χ1v) is 7.08. The highest BCUT2D eigenvalue weighted by Gasteiger charge is 2.22. The molecule has 2 atom stereocenters. The number of methoxy groups -OCH3 is 1. The van der Waals surface area contributed by atoms with Crippen LogP contribution in [0.4, 0.5) is 0 Å². The number of aliphatic hydroxyl groups excluding tert-OH is 1. The molecule has 1 amide bonds. The molecule has 0 radical (unpaired) electrons. The summed E-state index contributed by atoms with van der Waals surface area (Å²) in [6.45, 7) is 0. The van der Waals surface area contributed by atoms with Crippen molar-refractivity contribution in [1.29, 1.82) is 0 Å². The van der Waals surface area contributed by atoms with Gasteiger partial charge in [0.15, 0.2) is 0 Å². The molecule has 0 aromatic heterocycles.